The first-order chi connectivity index (χ1) is 7.77. The predicted octanol–water partition coefficient (Wildman–Crippen LogP) is 3.67. The van der Waals surface area contributed by atoms with Gasteiger partial charge < -0.3 is 5.73 Å². The molecule has 0 bridgehead atoms. The summed E-state index contributed by atoms with van der Waals surface area (Å²) in [6.07, 6.45) is 11.7. The van der Waals surface area contributed by atoms with Crippen molar-refractivity contribution < 1.29 is 0 Å². The van der Waals surface area contributed by atoms with Gasteiger partial charge in [0.2, 0.25) is 0 Å². The highest BCUT2D eigenvalue weighted by Crippen LogP contribution is 2.28. The van der Waals surface area contributed by atoms with Crippen LogP contribution in [0, 0.1) is 18.8 Å². The number of terminal acetylenes is 1. The molecular weight excluding hydrogens is 194 g/mol. The molecule has 16 heavy (non-hydrogen) atoms. The normalized spacial score (nSPS) is 16.9. The van der Waals surface area contributed by atoms with E-state index in [1.807, 2.05) is 19.9 Å². The van der Waals surface area contributed by atoms with Gasteiger partial charge in [-0.15, -0.1) is 12.8 Å². The van der Waals surface area contributed by atoms with Crippen LogP contribution in [0.1, 0.15) is 38.3 Å². The first kappa shape index (κ1) is 14.6. The molecule has 1 aliphatic rings. The first-order valence-corrected chi connectivity index (χ1v) is 5.97. The van der Waals surface area contributed by atoms with Gasteiger partial charge in [0.25, 0.3) is 0 Å². The van der Waals surface area contributed by atoms with E-state index in [1.54, 1.807) is 0 Å². The molecule has 1 aromatic rings. The second-order valence-corrected chi connectivity index (χ2v) is 3.83. The summed E-state index contributed by atoms with van der Waals surface area (Å²) < 4.78 is 0. The molecule has 0 saturated carbocycles. The van der Waals surface area contributed by atoms with Gasteiger partial charge in [0.05, 0.1) is 0 Å². The molecule has 0 heterocycles. The minimum absolute atomic E-state index is 0.808. The molecule has 1 nitrogen and oxygen atoms in total. The lowest BCUT2D eigenvalue weighted by atomic mass is 9.84. The van der Waals surface area contributed by atoms with Gasteiger partial charge in [0.15, 0.2) is 0 Å². The molecule has 88 valence electrons. The molecule has 1 unspecified atom stereocenters. The van der Waals surface area contributed by atoms with Gasteiger partial charge in [0, 0.05) is 5.69 Å². The van der Waals surface area contributed by atoms with Gasteiger partial charge in [-0.1, -0.05) is 32.9 Å². The van der Waals surface area contributed by atoms with Gasteiger partial charge in [-0.25, -0.2) is 0 Å². The molecule has 2 rings (SSSR count). The van der Waals surface area contributed by atoms with Crippen molar-refractivity contribution in [3.8, 4) is 12.8 Å². The molecule has 0 fully saturated rings. The molecule has 0 amide bonds. The van der Waals surface area contributed by atoms with Crippen LogP contribution in [0.2, 0.25) is 0 Å². The van der Waals surface area contributed by atoms with Gasteiger partial charge >= 0.3 is 0 Å². The summed E-state index contributed by atoms with van der Waals surface area (Å²) in [6, 6.07) is 6.28. The average Bonchev–Trinajstić information content (AvgIpc) is 2.35. The molecule has 0 radical (unpaired) electrons. The minimum Gasteiger partial charge on any atom is -0.398 e. The lowest BCUT2D eigenvalue weighted by Gasteiger charge is -2.22. The zero-order chi connectivity index (χ0) is 12.6. The second kappa shape index (κ2) is 7.82. The quantitative estimate of drug-likeness (QED) is 0.521. The zero-order valence-corrected chi connectivity index (χ0v) is 10.7. The van der Waals surface area contributed by atoms with Crippen molar-refractivity contribution in [3.63, 3.8) is 0 Å². The number of aryl methyl sites for hydroxylation is 1. The molecule has 0 spiro atoms. The van der Waals surface area contributed by atoms with Crippen LogP contribution >= 0.6 is 0 Å². The van der Waals surface area contributed by atoms with Crippen molar-refractivity contribution in [2.24, 2.45) is 5.92 Å². The van der Waals surface area contributed by atoms with Crippen molar-refractivity contribution in [1.82, 2.24) is 0 Å². The van der Waals surface area contributed by atoms with Crippen LogP contribution in [0.25, 0.3) is 0 Å². The van der Waals surface area contributed by atoms with Gasteiger partial charge in [0.1, 0.15) is 0 Å². The fourth-order valence-corrected chi connectivity index (χ4v) is 1.99. The Morgan fingerprint density at radius 3 is 2.50 bits per heavy atom. The summed E-state index contributed by atoms with van der Waals surface area (Å²) in [6.45, 7) is 6.30. The highest BCUT2D eigenvalue weighted by molar-refractivity contribution is 5.51. The number of rotatable bonds is 0. The van der Waals surface area contributed by atoms with E-state index in [9.17, 15) is 0 Å². The van der Waals surface area contributed by atoms with Crippen LogP contribution in [0.3, 0.4) is 0 Å². The Hall–Kier alpha value is -1.42. The summed E-state index contributed by atoms with van der Waals surface area (Å²) in [5.41, 5.74) is 9.75. The highest BCUT2D eigenvalue weighted by atomic mass is 14.6. The Morgan fingerprint density at radius 2 is 1.88 bits per heavy atom. The lowest BCUT2D eigenvalue weighted by molar-refractivity contribution is 0.502. The molecule has 1 aliphatic carbocycles. The van der Waals surface area contributed by atoms with Crippen LogP contribution in [-0.2, 0) is 12.8 Å². The summed E-state index contributed by atoms with van der Waals surface area (Å²) in [7, 11) is 0. The molecule has 1 heteroatoms. The number of nitrogen functional groups attached to an aromatic ring is 1. The number of hydrogen-bond acceptors (Lipinski definition) is 1. The van der Waals surface area contributed by atoms with E-state index < -0.39 is 0 Å². The van der Waals surface area contributed by atoms with E-state index in [2.05, 4.69) is 31.9 Å². The number of nitrogens with two attached hydrogens (primary N) is 1. The summed E-state index contributed by atoms with van der Waals surface area (Å²) in [4.78, 5) is 0. The maximum atomic E-state index is 5.90. The Kier molecular flexibility index (Phi) is 7.12. The van der Waals surface area contributed by atoms with Gasteiger partial charge in [-0.05, 0) is 42.4 Å². The van der Waals surface area contributed by atoms with Crippen molar-refractivity contribution in [1.29, 1.82) is 0 Å². The van der Waals surface area contributed by atoms with Crippen molar-refractivity contribution >= 4 is 5.69 Å². The maximum absolute atomic E-state index is 5.90. The molecule has 0 saturated heterocycles. The topological polar surface area (TPSA) is 26.0 Å². The molecule has 1 atom stereocenters. The lowest BCUT2D eigenvalue weighted by Crippen LogP contribution is -2.12. The van der Waals surface area contributed by atoms with Crippen molar-refractivity contribution in [2.45, 2.75) is 40.0 Å². The van der Waals surface area contributed by atoms with Gasteiger partial charge in [-0.3, -0.25) is 0 Å². The van der Waals surface area contributed by atoms with Gasteiger partial charge in [-0.2, -0.15) is 0 Å². The number of hydrogen-bond donors (Lipinski definition) is 1. The Morgan fingerprint density at radius 1 is 1.25 bits per heavy atom. The van der Waals surface area contributed by atoms with Crippen LogP contribution in [0.5, 0.6) is 0 Å². The second-order valence-electron chi connectivity index (χ2n) is 3.83. The SMILES string of the molecule is C#C.CC.CC1CCc2cccc(N)c2C1. The molecule has 1 aromatic carbocycles. The van der Waals surface area contributed by atoms with E-state index in [0.29, 0.717) is 0 Å². The fraction of sp³-hybridized carbons (Fsp3) is 0.467. The maximum Gasteiger partial charge on any atom is 0.0349 e. The van der Waals surface area contributed by atoms with Crippen molar-refractivity contribution in [3.05, 3.63) is 29.3 Å². The summed E-state index contributed by atoms with van der Waals surface area (Å²) in [5.74, 6) is 0.808. The standard InChI is InChI=1S/C11H15N.C2H6.C2H2/c1-8-5-6-9-3-2-4-11(12)10(9)7-8;2*1-2/h2-4,8H,5-7,12H2,1H3;1-2H3;1-2H. The van der Waals surface area contributed by atoms with E-state index in [0.717, 1.165) is 11.6 Å². The third kappa shape index (κ3) is 3.62. The number of fused-ring (bicyclic) bond motifs is 1. The van der Waals surface area contributed by atoms with Crippen LogP contribution in [-0.4, -0.2) is 0 Å². The third-order valence-corrected chi connectivity index (χ3v) is 2.77. The Bertz CT molecular complexity index is 325. The summed E-state index contributed by atoms with van der Waals surface area (Å²) in [5, 5.41) is 0. The Labute approximate surface area is 100 Å². The fourth-order valence-electron chi connectivity index (χ4n) is 1.99. The summed E-state index contributed by atoms with van der Waals surface area (Å²) >= 11 is 0. The zero-order valence-electron chi connectivity index (χ0n) is 10.7. The number of benzene rings is 1. The highest BCUT2D eigenvalue weighted by Gasteiger charge is 2.16. The largest absolute Gasteiger partial charge is 0.398 e. The number of anilines is 1. The van der Waals surface area contributed by atoms with E-state index >= 15 is 0 Å². The predicted molar refractivity (Wildman–Crippen MR) is 73.3 cm³/mol. The molecule has 0 aliphatic heterocycles. The van der Waals surface area contributed by atoms with Crippen LogP contribution in [0.4, 0.5) is 5.69 Å². The van der Waals surface area contributed by atoms with E-state index in [-0.39, 0.29) is 0 Å². The van der Waals surface area contributed by atoms with Crippen molar-refractivity contribution in [2.75, 3.05) is 5.73 Å². The van der Waals surface area contributed by atoms with Crippen LogP contribution < -0.4 is 5.73 Å². The molecule has 2 N–H and O–H groups in total. The first-order valence-electron chi connectivity index (χ1n) is 5.97. The average molecular weight is 217 g/mol. The minimum atomic E-state index is 0.808. The Balaban J connectivity index is 0.000000509. The monoisotopic (exact) mass is 217 g/mol. The third-order valence-electron chi connectivity index (χ3n) is 2.77. The van der Waals surface area contributed by atoms with E-state index in [4.69, 9.17) is 5.73 Å². The van der Waals surface area contributed by atoms with E-state index in [1.165, 1.54) is 30.4 Å². The molecule has 0 aromatic heterocycles. The molecular formula is C15H23N. The smallest absolute Gasteiger partial charge is 0.0349 e. The van der Waals surface area contributed by atoms with Crippen LogP contribution in [0.15, 0.2) is 18.2 Å².